The minimum absolute atomic E-state index is 0.169. The van der Waals surface area contributed by atoms with Crippen LogP contribution in [0, 0.1) is 4.77 Å². The van der Waals surface area contributed by atoms with Gasteiger partial charge >= 0.3 is 0 Å². The van der Waals surface area contributed by atoms with Crippen molar-refractivity contribution >= 4 is 34.7 Å². The van der Waals surface area contributed by atoms with Crippen molar-refractivity contribution in [2.75, 3.05) is 19.0 Å². The standard InChI is InChI=1S/C21H23N3O3S/c1-3-14-6-4-7-16(12-14)22-19(25)15-8-9-17-18(13-15)23-21(28)24(20(17)26)10-5-11-27-2/h4,6-9,12-13H,3,5,10-11H2,1-2H3,(H,22,25)(H,23,28). The Labute approximate surface area is 168 Å². The number of methoxy groups -OCH3 is 1. The van der Waals surface area contributed by atoms with Crippen molar-refractivity contribution in [3.63, 3.8) is 0 Å². The summed E-state index contributed by atoms with van der Waals surface area (Å²) in [5, 5.41) is 3.39. The summed E-state index contributed by atoms with van der Waals surface area (Å²) in [6.07, 6.45) is 1.59. The number of ether oxygens (including phenoxy) is 1. The van der Waals surface area contributed by atoms with Gasteiger partial charge in [-0.1, -0.05) is 19.1 Å². The van der Waals surface area contributed by atoms with E-state index in [2.05, 4.69) is 17.2 Å². The Kier molecular flexibility index (Phi) is 6.38. The van der Waals surface area contributed by atoms with Crippen LogP contribution in [0.15, 0.2) is 47.3 Å². The van der Waals surface area contributed by atoms with Crippen LogP contribution < -0.4 is 10.9 Å². The van der Waals surface area contributed by atoms with Crippen LogP contribution in [0.25, 0.3) is 10.9 Å². The van der Waals surface area contributed by atoms with Crippen molar-refractivity contribution in [1.29, 1.82) is 0 Å². The van der Waals surface area contributed by atoms with Gasteiger partial charge in [0.2, 0.25) is 0 Å². The van der Waals surface area contributed by atoms with Crippen LogP contribution in [0.3, 0.4) is 0 Å². The maximum absolute atomic E-state index is 12.7. The molecule has 2 aromatic carbocycles. The fourth-order valence-electron chi connectivity index (χ4n) is 3.04. The van der Waals surface area contributed by atoms with Crippen LogP contribution in [0.4, 0.5) is 5.69 Å². The van der Waals surface area contributed by atoms with E-state index in [9.17, 15) is 9.59 Å². The molecule has 0 unspecified atom stereocenters. The van der Waals surface area contributed by atoms with Gasteiger partial charge in [-0.3, -0.25) is 14.2 Å². The highest BCUT2D eigenvalue weighted by molar-refractivity contribution is 7.71. The number of benzene rings is 2. The van der Waals surface area contributed by atoms with Crippen LogP contribution in [-0.2, 0) is 17.7 Å². The monoisotopic (exact) mass is 397 g/mol. The third kappa shape index (κ3) is 4.37. The predicted octanol–water partition coefficient (Wildman–Crippen LogP) is 3.91. The summed E-state index contributed by atoms with van der Waals surface area (Å²) in [5.74, 6) is -0.237. The largest absolute Gasteiger partial charge is 0.385 e. The van der Waals surface area contributed by atoms with Crippen LogP contribution in [0.1, 0.15) is 29.3 Å². The number of H-pyrrole nitrogens is 1. The van der Waals surface area contributed by atoms with Gasteiger partial charge in [0.05, 0.1) is 10.9 Å². The van der Waals surface area contributed by atoms with Crippen LogP contribution in [0.2, 0.25) is 0 Å². The number of hydrogen-bond donors (Lipinski definition) is 2. The number of rotatable bonds is 7. The number of hydrogen-bond acceptors (Lipinski definition) is 4. The molecule has 3 aromatic rings. The molecule has 146 valence electrons. The van der Waals surface area contributed by atoms with Gasteiger partial charge in [-0.2, -0.15) is 0 Å². The summed E-state index contributed by atoms with van der Waals surface area (Å²) in [6.45, 7) is 3.10. The van der Waals surface area contributed by atoms with Gasteiger partial charge < -0.3 is 15.0 Å². The highest BCUT2D eigenvalue weighted by atomic mass is 32.1. The molecule has 2 N–H and O–H groups in total. The fraction of sp³-hybridized carbons (Fsp3) is 0.286. The summed E-state index contributed by atoms with van der Waals surface area (Å²) < 4.78 is 6.89. The molecule has 0 bridgehead atoms. The molecule has 3 rings (SSSR count). The molecule has 0 spiro atoms. The molecule has 1 amide bonds. The van der Waals surface area contributed by atoms with Gasteiger partial charge in [0.15, 0.2) is 4.77 Å². The van der Waals surface area contributed by atoms with Crippen molar-refractivity contribution in [3.8, 4) is 0 Å². The van der Waals surface area contributed by atoms with Crippen molar-refractivity contribution in [2.45, 2.75) is 26.3 Å². The molecule has 0 aliphatic rings. The zero-order valence-electron chi connectivity index (χ0n) is 16.0. The van der Waals surface area contributed by atoms with Gasteiger partial charge in [-0.15, -0.1) is 0 Å². The molecule has 0 aliphatic carbocycles. The van der Waals surface area contributed by atoms with E-state index >= 15 is 0 Å². The Hall–Kier alpha value is -2.77. The molecule has 0 saturated heterocycles. The normalized spacial score (nSPS) is 10.9. The van der Waals surface area contributed by atoms with E-state index in [0.29, 0.717) is 40.8 Å². The molecule has 0 aliphatic heterocycles. The number of nitrogens with zero attached hydrogens (tertiary/aromatic N) is 1. The molecule has 0 fully saturated rings. The Balaban J connectivity index is 1.89. The van der Waals surface area contributed by atoms with E-state index in [1.807, 2.05) is 24.3 Å². The van der Waals surface area contributed by atoms with Crippen molar-refractivity contribution in [2.24, 2.45) is 0 Å². The lowest BCUT2D eigenvalue weighted by Gasteiger charge is -2.10. The minimum Gasteiger partial charge on any atom is -0.385 e. The summed E-state index contributed by atoms with van der Waals surface area (Å²) in [4.78, 5) is 28.4. The number of aromatic nitrogens is 2. The lowest BCUT2D eigenvalue weighted by Crippen LogP contribution is -2.23. The molecule has 28 heavy (non-hydrogen) atoms. The maximum Gasteiger partial charge on any atom is 0.262 e. The Morgan fingerprint density at radius 2 is 2.07 bits per heavy atom. The highest BCUT2D eigenvalue weighted by Gasteiger charge is 2.11. The first-order valence-electron chi connectivity index (χ1n) is 9.19. The Bertz CT molecular complexity index is 1120. The predicted molar refractivity (Wildman–Crippen MR) is 114 cm³/mol. The van der Waals surface area contributed by atoms with Gasteiger partial charge in [0.1, 0.15) is 0 Å². The first-order chi connectivity index (χ1) is 13.5. The first-order valence-corrected chi connectivity index (χ1v) is 9.60. The number of carbonyl (C=O) groups excluding carboxylic acids is 1. The summed E-state index contributed by atoms with van der Waals surface area (Å²) in [7, 11) is 1.62. The highest BCUT2D eigenvalue weighted by Crippen LogP contribution is 2.15. The number of aryl methyl sites for hydroxylation is 1. The van der Waals surface area contributed by atoms with E-state index < -0.39 is 0 Å². The number of carbonyl (C=O) groups is 1. The molecule has 1 aromatic heterocycles. The SMILES string of the molecule is CCc1cccc(NC(=O)c2ccc3c(=O)n(CCCOC)c(=S)[nH]c3c2)c1. The first kappa shape index (κ1) is 20.0. The Morgan fingerprint density at radius 1 is 1.25 bits per heavy atom. The number of nitrogens with one attached hydrogen (secondary N) is 2. The lowest BCUT2D eigenvalue weighted by atomic mass is 10.1. The second-order valence-corrected chi connectivity index (χ2v) is 6.89. The van der Waals surface area contributed by atoms with E-state index in [0.717, 1.165) is 17.7 Å². The molecule has 0 saturated carbocycles. The summed E-state index contributed by atoms with van der Waals surface area (Å²) in [6, 6.07) is 12.7. The van der Waals surface area contributed by atoms with Crippen molar-refractivity contribution in [3.05, 3.63) is 68.7 Å². The van der Waals surface area contributed by atoms with Crippen LogP contribution in [-0.4, -0.2) is 29.2 Å². The molecule has 7 heteroatoms. The average molecular weight is 398 g/mol. The van der Waals surface area contributed by atoms with Gasteiger partial charge in [-0.25, -0.2) is 0 Å². The number of amides is 1. The van der Waals surface area contributed by atoms with E-state index in [1.165, 1.54) is 4.57 Å². The lowest BCUT2D eigenvalue weighted by molar-refractivity contribution is 0.102. The number of fused-ring (bicyclic) bond motifs is 1. The van der Waals surface area contributed by atoms with Crippen LogP contribution >= 0.6 is 12.2 Å². The summed E-state index contributed by atoms with van der Waals surface area (Å²) in [5.41, 5.74) is 2.72. The molecule has 0 atom stereocenters. The van der Waals surface area contributed by atoms with Crippen molar-refractivity contribution in [1.82, 2.24) is 9.55 Å². The van der Waals surface area contributed by atoms with Gasteiger partial charge in [-0.05, 0) is 61.0 Å². The molecule has 1 heterocycles. The van der Waals surface area contributed by atoms with Gasteiger partial charge in [0.25, 0.3) is 11.5 Å². The topological polar surface area (TPSA) is 76.1 Å². The fourth-order valence-corrected chi connectivity index (χ4v) is 3.32. The number of anilines is 1. The second kappa shape index (κ2) is 8.95. The molecule has 6 nitrogen and oxygen atoms in total. The zero-order valence-corrected chi connectivity index (χ0v) is 16.8. The number of aromatic amines is 1. The smallest absolute Gasteiger partial charge is 0.262 e. The molecule has 0 radical (unpaired) electrons. The summed E-state index contributed by atoms with van der Waals surface area (Å²) >= 11 is 5.32. The third-order valence-corrected chi connectivity index (χ3v) is 4.89. The Morgan fingerprint density at radius 3 is 2.82 bits per heavy atom. The van der Waals surface area contributed by atoms with E-state index in [-0.39, 0.29) is 11.5 Å². The average Bonchev–Trinajstić information content (AvgIpc) is 2.70. The minimum atomic E-state index is -0.237. The quantitative estimate of drug-likeness (QED) is 0.468. The molecular weight excluding hydrogens is 374 g/mol. The zero-order chi connectivity index (χ0) is 20.1. The van der Waals surface area contributed by atoms with Crippen molar-refractivity contribution < 1.29 is 9.53 Å². The second-order valence-electron chi connectivity index (χ2n) is 6.50. The molecular formula is C21H23N3O3S. The third-order valence-electron chi connectivity index (χ3n) is 4.57. The van der Waals surface area contributed by atoms with Gasteiger partial charge in [0, 0.05) is 31.5 Å². The van der Waals surface area contributed by atoms with Crippen LogP contribution in [0.5, 0.6) is 0 Å². The van der Waals surface area contributed by atoms with E-state index in [1.54, 1.807) is 25.3 Å². The van der Waals surface area contributed by atoms with E-state index in [4.69, 9.17) is 17.0 Å². The maximum atomic E-state index is 12.7.